The number of thioether (sulfide) groups is 1. The molecule has 4 nitrogen and oxygen atoms in total. The van der Waals surface area contributed by atoms with Gasteiger partial charge in [0.25, 0.3) is 0 Å². The van der Waals surface area contributed by atoms with Gasteiger partial charge in [0, 0.05) is 34.3 Å². The zero-order chi connectivity index (χ0) is 25.2. The lowest BCUT2D eigenvalue weighted by Gasteiger charge is -2.32. The van der Waals surface area contributed by atoms with Crippen molar-refractivity contribution in [1.29, 1.82) is 0 Å². The van der Waals surface area contributed by atoms with Crippen LogP contribution in [0.25, 0.3) is 0 Å². The third-order valence-corrected chi connectivity index (χ3v) is 7.04. The number of benzene rings is 3. The molecule has 3 aromatic rings. The maximum absolute atomic E-state index is 13.6. The summed E-state index contributed by atoms with van der Waals surface area (Å²) in [6.45, 7) is 4.20. The van der Waals surface area contributed by atoms with E-state index in [1.54, 1.807) is 4.90 Å². The van der Waals surface area contributed by atoms with Crippen LogP contribution in [0.1, 0.15) is 30.5 Å². The van der Waals surface area contributed by atoms with Crippen LogP contribution in [0.15, 0.2) is 83.3 Å². The number of amides is 2. The number of carbonyl (C=O) groups is 2. The van der Waals surface area contributed by atoms with Gasteiger partial charge in [-0.2, -0.15) is 0 Å². The highest BCUT2D eigenvalue weighted by Crippen LogP contribution is 2.21. The Morgan fingerprint density at radius 2 is 1.63 bits per heavy atom. The molecule has 0 aromatic heterocycles. The van der Waals surface area contributed by atoms with E-state index in [2.05, 4.69) is 21.2 Å². The van der Waals surface area contributed by atoms with Gasteiger partial charge in [0.1, 0.15) is 6.04 Å². The molecule has 1 atom stereocenters. The highest BCUT2D eigenvalue weighted by molar-refractivity contribution is 9.10. The average molecular weight is 574 g/mol. The molecule has 35 heavy (non-hydrogen) atoms. The van der Waals surface area contributed by atoms with Crippen molar-refractivity contribution in [1.82, 2.24) is 10.2 Å². The Morgan fingerprint density at radius 1 is 0.943 bits per heavy atom. The van der Waals surface area contributed by atoms with Gasteiger partial charge in [-0.3, -0.25) is 9.59 Å². The lowest BCUT2D eigenvalue weighted by molar-refractivity contribution is -0.139. The molecule has 0 unspecified atom stereocenters. The Morgan fingerprint density at radius 3 is 2.31 bits per heavy atom. The first-order valence-electron chi connectivity index (χ1n) is 11.5. The third-order valence-electron chi connectivity index (χ3n) is 5.33. The molecule has 7 heteroatoms. The Kier molecular flexibility index (Phi) is 10.7. The predicted molar refractivity (Wildman–Crippen MR) is 150 cm³/mol. The Bertz CT molecular complexity index is 1130. The van der Waals surface area contributed by atoms with Crippen LogP contribution in [-0.4, -0.2) is 34.6 Å². The molecule has 0 saturated heterocycles. The van der Waals surface area contributed by atoms with E-state index < -0.39 is 6.04 Å². The van der Waals surface area contributed by atoms with E-state index in [1.807, 2.05) is 92.7 Å². The van der Waals surface area contributed by atoms with Crippen LogP contribution in [0, 0.1) is 0 Å². The minimum absolute atomic E-state index is 0.0270. The van der Waals surface area contributed by atoms with Crippen LogP contribution in [-0.2, 0) is 28.3 Å². The summed E-state index contributed by atoms with van der Waals surface area (Å²) in [6.07, 6.45) is 0.443. The second-order valence-corrected chi connectivity index (χ2v) is 11.0. The summed E-state index contributed by atoms with van der Waals surface area (Å²) in [5.74, 6) is 0.711. The van der Waals surface area contributed by atoms with Gasteiger partial charge in [0.2, 0.25) is 11.8 Å². The molecule has 1 N–H and O–H groups in total. The maximum atomic E-state index is 13.6. The Balaban J connectivity index is 1.84. The number of carbonyl (C=O) groups excluding carboxylic acids is 2. The van der Waals surface area contributed by atoms with E-state index in [1.165, 1.54) is 11.8 Å². The van der Waals surface area contributed by atoms with Crippen molar-refractivity contribution in [3.05, 3.63) is 105 Å². The van der Waals surface area contributed by atoms with Crippen LogP contribution >= 0.6 is 39.3 Å². The molecule has 0 aliphatic heterocycles. The van der Waals surface area contributed by atoms with Gasteiger partial charge in [-0.15, -0.1) is 11.8 Å². The summed E-state index contributed by atoms with van der Waals surface area (Å²) in [4.78, 5) is 28.7. The fourth-order valence-corrected chi connectivity index (χ4v) is 5.25. The van der Waals surface area contributed by atoms with E-state index >= 15 is 0 Å². The fraction of sp³-hybridized carbons (Fsp3) is 0.286. The zero-order valence-corrected chi connectivity index (χ0v) is 23.1. The summed E-state index contributed by atoms with van der Waals surface area (Å²) in [5, 5.41) is 3.70. The normalized spacial score (nSPS) is 11.8. The molecular weight excluding hydrogens is 544 g/mol. The second kappa shape index (κ2) is 13.7. The van der Waals surface area contributed by atoms with Crippen LogP contribution in [0.5, 0.6) is 0 Å². The van der Waals surface area contributed by atoms with E-state index in [9.17, 15) is 9.59 Å². The minimum Gasteiger partial charge on any atom is -0.352 e. The molecule has 0 aliphatic carbocycles. The van der Waals surface area contributed by atoms with E-state index in [0.29, 0.717) is 23.7 Å². The smallest absolute Gasteiger partial charge is 0.243 e. The minimum atomic E-state index is -0.627. The van der Waals surface area contributed by atoms with Crippen LogP contribution in [0.3, 0.4) is 0 Å². The number of nitrogens with zero attached hydrogens (tertiary/aromatic N) is 1. The van der Waals surface area contributed by atoms with Crippen molar-refractivity contribution in [3.63, 3.8) is 0 Å². The molecule has 2 amide bonds. The molecule has 0 spiro atoms. The summed E-state index contributed by atoms with van der Waals surface area (Å²) in [7, 11) is 0. The van der Waals surface area contributed by atoms with Gasteiger partial charge in [-0.25, -0.2) is 0 Å². The zero-order valence-electron chi connectivity index (χ0n) is 19.9. The fourth-order valence-electron chi connectivity index (χ4n) is 3.73. The largest absolute Gasteiger partial charge is 0.352 e. The number of nitrogens with one attached hydrogen (secondary N) is 1. The molecule has 0 radical (unpaired) electrons. The highest BCUT2D eigenvalue weighted by Gasteiger charge is 2.30. The molecule has 3 rings (SSSR count). The SMILES string of the molecule is CC(C)NC(=O)[C@@H](Cc1ccccc1)N(Cc1cccc(Br)c1)C(=O)CSCc1cccc(Cl)c1. The molecule has 0 heterocycles. The Hall–Kier alpha value is -2.28. The highest BCUT2D eigenvalue weighted by atomic mass is 79.9. The van der Waals surface area contributed by atoms with Crippen molar-refractivity contribution in [3.8, 4) is 0 Å². The first-order chi connectivity index (χ1) is 16.8. The molecule has 0 bridgehead atoms. The van der Waals surface area contributed by atoms with Crippen molar-refractivity contribution in [2.45, 2.75) is 44.6 Å². The summed E-state index contributed by atoms with van der Waals surface area (Å²) < 4.78 is 0.934. The van der Waals surface area contributed by atoms with Gasteiger partial charge in [-0.05, 0) is 54.8 Å². The molecule has 0 fully saturated rings. The first kappa shape index (κ1) is 27.3. The van der Waals surface area contributed by atoms with Gasteiger partial charge < -0.3 is 10.2 Å². The number of halogens is 2. The van der Waals surface area contributed by atoms with Gasteiger partial charge in [0.05, 0.1) is 5.75 Å². The second-order valence-electron chi connectivity index (χ2n) is 8.64. The maximum Gasteiger partial charge on any atom is 0.243 e. The van der Waals surface area contributed by atoms with Crippen molar-refractivity contribution < 1.29 is 9.59 Å². The van der Waals surface area contributed by atoms with E-state index in [4.69, 9.17) is 11.6 Å². The number of hydrogen-bond acceptors (Lipinski definition) is 3. The summed E-state index contributed by atoms with van der Waals surface area (Å²) >= 11 is 11.1. The molecular formula is C28H30BrClN2O2S. The van der Waals surface area contributed by atoms with Crippen LogP contribution < -0.4 is 5.32 Å². The standard InChI is InChI=1S/C28H30BrClN2O2S/c1-20(2)31-28(34)26(16-21-8-4-3-5-9-21)32(17-22-10-6-12-24(29)14-22)27(33)19-35-18-23-11-7-13-25(30)15-23/h3-15,20,26H,16-19H2,1-2H3,(H,31,34)/t26-/m1/s1. The lowest BCUT2D eigenvalue weighted by Crippen LogP contribution is -2.52. The molecule has 0 saturated carbocycles. The van der Waals surface area contributed by atoms with Gasteiger partial charge >= 0.3 is 0 Å². The number of hydrogen-bond donors (Lipinski definition) is 1. The topological polar surface area (TPSA) is 49.4 Å². The summed E-state index contributed by atoms with van der Waals surface area (Å²) in [5.41, 5.74) is 3.03. The Labute approximate surface area is 225 Å². The predicted octanol–water partition coefficient (Wildman–Crippen LogP) is 6.50. The van der Waals surface area contributed by atoms with Crippen LogP contribution in [0.2, 0.25) is 5.02 Å². The summed E-state index contributed by atoms with van der Waals surface area (Å²) in [6, 6.07) is 24.7. The molecule has 3 aromatic carbocycles. The van der Waals surface area contributed by atoms with Crippen molar-refractivity contribution in [2.24, 2.45) is 0 Å². The van der Waals surface area contributed by atoms with E-state index in [-0.39, 0.29) is 23.6 Å². The third kappa shape index (κ3) is 9.02. The monoisotopic (exact) mass is 572 g/mol. The first-order valence-corrected chi connectivity index (χ1v) is 13.8. The number of rotatable bonds is 11. The molecule has 184 valence electrons. The van der Waals surface area contributed by atoms with Crippen LogP contribution in [0.4, 0.5) is 0 Å². The van der Waals surface area contributed by atoms with Gasteiger partial charge in [-0.1, -0.05) is 82.1 Å². The van der Waals surface area contributed by atoms with Gasteiger partial charge in [0.15, 0.2) is 0 Å². The van der Waals surface area contributed by atoms with Crippen molar-refractivity contribution in [2.75, 3.05) is 5.75 Å². The average Bonchev–Trinajstić information content (AvgIpc) is 2.81. The quantitative estimate of drug-likeness (QED) is 0.285. The lowest BCUT2D eigenvalue weighted by atomic mass is 10.0. The molecule has 0 aliphatic rings. The van der Waals surface area contributed by atoms with E-state index in [0.717, 1.165) is 21.2 Å². The van der Waals surface area contributed by atoms with Crippen molar-refractivity contribution >= 4 is 51.1 Å².